The lowest BCUT2D eigenvalue weighted by Crippen LogP contribution is -2.10. The van der Waals surface area contributed by atoms with Gasteiger partial charge in [-0.3, -0.25) is 4.68 Å². The van der Waals surface area contributed by atoms with Gasteiger partial charge in [-0.05, 0) is 19.0 Å². The van der Waals surface area contributed by atoms with Gasteiger partial charge in [0.15, 0.2) is 0 Å². The number of aryl methyl sites for hydroxylation is 1. The van der Waals surface area contributed by atoms with Crippen LogP contribution in [0.15, 0.2) is 36.4 Å². The summed E-state index contributed by atoms with van der Waals surface area (Å²) >= 11 is 0. The Hall–Kier alpha value is -1.65. The van der Waals surface area contributed by atoms with Crippen LogP contribution in [-0.2, 0) is 7.05 Å². The first-order chi connectivity index (χ1) is 8.22. The van der Waals surface area contributed by atoms with Crippen molar-refractivity contribution in [3.8, 4) is 11.3 Å². The van der Waals surface area contributed by atoms with Gasteiger partial charge in [-0.1, -0.05) is 30.3 Å². The van der Waals surface area contributed by atoms with E-state index in [1.54, 1.807) is 4.68 Å². The zero-order valence-electron chi connectivity index (χ0n) is 9.87. The average Bonchev–Trinajstić information content (AvgIpc) is 2.73. The average molecular weight is 231 g/mol. The highest BCUT2D eigenvalue weighted by atomic mass is 16.3. The summed E-state index contributed by atoms with van der Waals surface area (Å²) in [5, 5.41) is 14.3. The third-order valence-electron chi connectivity index (χ3n) is 2.77. The highest BCUT2D eigenvalue weighted by Gasteiger charge is 2.13. The van der Waals surface area contributed by atoms with E-state index in [0.29, 0.717) is 13.0 Å². The first kappa shape index (κ1) is 11.8. The zero-order valence-corrected chi connectivity index (χ0v) is 9.87. The predicted molar refractivity (Wildman–Crippen MR) is 67.3 cm³/mol. The Kier molecular flexibility index (Phi) is 3.56. The Labute approximate surface area is 101 Å². The standard InChI is InChI=1S/C13H17N3O/c1-16-12(13(17)7-8-14)9-11(15-16)10-5-3-2-4-6-10/h2-6,9,13,17H,7-8,14H2,1H3/t13-/m0/s1. The summed E-state index contributed by atoms with van der Waals surface area (Å²) in [7, 11) is 1.83. The van der Waals surface area contributed by atoms with Crippen LogP contribution in [0, 0.1) is 0 Å². The van der Waals surface area contributed by atoms with Gasteiger partial charge in [0.25, 0.3) is 0 Å². The second-order valence-corrected chi connectivity index (χ2v) is 4.04. The number of aliphatic hydroxyl groups excluding tert-OH is 1. The fourth-order valence-corrected chi connectivity index (χ4v) is 1.85. The van der Waals surface area contributed by atoms with Crippen molar-refractivity contribution in [1.82, 2.24) is 9.78 Å². The minimum atomic E-state index is -0.546. The van der Waals surface area contributed by atoms with Gasteiger partial charge in [0.1, 0.15) is 0 Å². The lowest BCUT2D eigenvalue weighted by molar-refractivity contribution is 0.160. The molecule has 1 atom stereocenters. The minimum Gasteiger partial charge on any atom is -0.387 e. The van der Waals surface area contributed by atoms with Crippen molar-refractivity contribution in [3.63, 3.8) is 0 Å². The molecule has 0 fully saturated rings. The van der Waals surface area contributed by atoms with Crippen LogP contribution in [0.4, 0.5) is 0 Å². The maximum absolute atomic E-state index is 9.92. The highest BCUT2D eigenvalue weighted by Crippen LogP contribution is 2.23. The molecule has 0 saturated carbocycles. The van der Waals surface area contributed by atoms with Crippen LogP contribution >= 0.6 is 0 Å². The Morgan fingerprint density at radius 3 is 2.71 bits per heavy atom. The summed E-state index contributed by atoms with van der Waals surface area (Å²) in [6.07, 6.45) is 0.00304. The van der Waals surface area contributed by atoms with E-state index in [4.69, 9.17) is 5.73 Å². The summed E-state index contributed by atoms with van der Waals surface area (Å²) in [5.41, 5.74) is 8.17. The molecule has 4 heteroatoms. The first-order valence-corrected chi connectivity index (χ1v) is 5.70. The van der Waals surface area contributed by atoms with E-state index >= 15 is 0 Å². The maximum atomic E-state index is 9.92. The molecule has 1 heterocycles. The number of aliphatic hydroxyl groups is 1. The molecule has 0 spiro atoms. The van der Waals surface area contributed by atoms with Gasteiger partial charge < -0.3 is 10.8 Å². The number of benzene rings is 1. The van der Waals surface area contributed by atoms with Crippen LogP contribution in [0.2, 0.25) is 0 Å². The topological polar surface area (TPSA) is 64.1 Å². The van der Waals surface area contributed by atoms with Crippen LogP contribution in [-0.4, -0.2) is 21.4 Å². The largest absolute Gasteiger partial charge is 0.387 e. The Balaban J connectivity index is 2.31. The van der Waals surface area contributed by atoms with Crippen molar-refractivity contribution in [2.24, 2.45) is 12.8 Å². The molecule has 4 nitrogen and oxygen atoms in total. The van der Waals surface area contributed by atoms with Crippen LogP contribution in [0.5, 0.6) is 0 Å². The van der Waals surface area contributed by atoms with E-state index in [2.05, 4.69) is 5.10 Å². The lowest BCUT2D eigenvalue weighted by atomic mass is 10.1. The summed E-state index contributed by atoms with van der Waals surface area (Å²) < 4.78 is 1.71. The maximum Gasteiger partial charge on any atom is 0.0968 e. The molecular weight excluding hydrogens is 214 g/mol. The monoisotopic (exact) mass is 231 g/mol. The van der Waals surface area contributed by atoms with Crippen molar-refractivity contribution in [2.75, 3.05) is 6.54 Å². The number of hydrogen-bond acceptors (Lipinski definition) is 3. The van der Waals surface area contributed by atoms with E-state index in [0.717, 1.165) is 17.0 Å². The van der Waals surface area contributed by atoms with Gasteiger partial charge in [-0.25, -0.2) is 0 Å². The molecular formula is C13H17N3O. The summed E-state index contributed by atoms with van der Waals surface area (Å²) in [6, 6.07) is 11.8. The van der Waals surface area contributed by atoms with E-state index in [9.17, 15) is 5.11 Å². The molecule has 17 heavy (non-hydrogen) atoms. The van der Waals surface area contributed by atoms with Gasteiger partial charge in [0.2, 0.25) is 0 Å². The quantitative estimate of drug-likeness (QED) is 0.837. The molecule has 1 aromatic heterocycles. The van der Waals surface area contributed by atoms with Crippen LogP contribution in [0.25, 0.3) is 11.3 Å². The first-order valence-electron chi connectivity index (χ1n) is 5.70. The normalized spacial score (nSPS) is 12.6. The zero-order chi connectivity index (χ0) is 12.3. The summed E-state index contributed by atoms with van der Waals surface area (Å²) in [4.78, 5) is 0. The molecule has 2 rings (SSSR count). The SMILES string of the molecule is Cn1nc(-c2ccccc2)cc1[C@@H](O)CCN. The fourth-order valence-electron chi connectivity index (χ4n) is 1.85. The van der Waals surface area contributed by atoms with Crippen molar-refractivity contribution in [3.05, 3.63) is 42.1 Å². The smallest absolute Gasteiger partial charge is 0.0968 e. The molecule has 0 aliphatic heterocycles. The van der Waals surface area contributed by atoms with Gasteiger partial charge in [-0.15, -0.1) is 0 Å². The van der Waals surface area contributed by atoms with Gasteiger partial charge in [0, 0.05) is 12.6 Å². The second-order valence-electron chi connectivity index (χ2n) is 4.04. The van der Waals surface area contributed by atoms with E-state index in [-0.39, 0.29) is 0 Å². The Morgan fingerprint density at radius 1 is 1.35 bits per heavy atom. The molecule has 90 valence electrons. The van der Waals surface area contributed by atoms with Crippen LogP contribution in [0.3, 0.4) is 0 Å². The Morgan fingerprint density at radius 2 is 2.06 bits per heavy atom. The minimum absolute atomic E-state index is 0.465. The third kappa shape index (κ3) is 2.54. The number of nitrogens with two attached hydrogens (primary N) is 1. The molecule has 3 N–H and O–H groups in total. The number of hydrogen-bond donors (Lipinski definition) is 2. The molecule has 0 unspecified atom stereocenters. The number of nitrogens with zero attached hydrogens (tertiary/aromatic N) is 2. The van der Waals surface area contributed by atoms with Crippen molar-refractivity contribution < 1.29 is 5.11 Å². The fraction of sp³-hybridized carbons (Fsp3) is 0.308. The highest BCUT2D eigenvalue weighted by molar-refractivity contribution is 5.59. The van der Waals surface area contributed by atoms with Crippen LogP contribution < -0.4 is 5.73 Å². The van der Waals surface area contributed by atoms with Crippen LogP contribution in [0.1, 0.15) is 18.2 Å². The molecule has 0 bridgehead atoms. The van der Waals surface area contributed by atoms with Gasteiger partial charge in [-0.2, -0.15) is 5.10 Å². The molecule has 0 radical (unpaired) electrons. The summed E-state index contributed by atoms with van der Waals surface area (Å²) in [6.45, 7) is 0.465. The number of rotatable bonds is 4. The van der Waals surface area contributed by atoms with Gasteiger partial charge >= 0.3 is 0 Å². The van der Waals surface area contributed by atoms with Gasteiger partial charge in [0.05, 0.1) is 17.5 Å². The molecule has 0 amide bonds. The molecule has 0 aliphatic carbocycles. The van der Waals surface area contributed by atoms with Crippen molar-refractivity contribution >= 4 is 0 Å². The predicted octanol–water partition coefficient (Wildman–Crippen LogP) is 1.47. The van der Waals surface area contributed by atoms with E-state index < -0.39 is 6.10 Å². The molecule has 2 aromatic rings. The number of aromatic nitrogens is 2. The molecule has 1 aromatic carbocycles. The third-order valence-corrected chi connectivity index (χ3v) is 2.77. The van der Waals surface area contributed by atoms with E-state index in [1.807, 2.05) is 43.4 Å². The molecule has 0 aliphatic rings. The summed E-state index contributed by atoms with van der Waals surface area (Å²) in [5.74, 6) is 0. The lowest BCUT2D eigenvalue weighted by Gasteiger charge is -2.08. The Bertz CT molecular complexity index is 479. The second kappa shape index (κ2) is 5.12. The molecule has 0 saturated heterocycles. The van der Waals surface area contributed by atoms with Crippen molar-refractivity contribution in [1.29, 1.82) is 0 Å². The van der Waals surface area contributed by atoms with E-state index in [1.165, 1.54) is 0 Å². The van der Waals surface area contributed by atoms with Crippen molar-refractivity contribution in [2.45, 2.75) is 12.5 Å².